The van der Waals surface area contributed by atoms with Gasteiger partial charge in [-0.2, -0.15) is 0 Å². The third-order valence-corrected chi connectivity index (χ3v) is 6.35. The normalized spacial score (nSPS) is 14.7. The van der Waals surface area contributed by atoms with Crippen molar-refractivity contribution in [1.29, 1.82) is 0 Å². The van der Waals surface area contributed by atoms with Crippen LogP contribution in [0.5, 0.6) is 0 Å². The van der Waals surface area contributed by atoms with Crippen LogP contribution in [0.25, 0.3) is 27.8 Å². The number of halogens is 1. The Morgan fingerprint density at radius 1 is 0.969 bits per heavy atom. The lowest BCUT2D eigenvalue weighted by atomic mass is 10.1. The molecule has 4 aromatic rings. The van der Waals surface area contributed by atoms with Crippen LogP contribution in [0.3, 0.4) is 0 Å². The second-order valence-corrected chi connectivity index (χ2v) is 8.83. The first-order chi connectivity index (χ1) is 15.8. The van der Waals surface area contributed by atoms with E-state index in [0.29, 0.717) is 0 Å². The zero-order valence-electron chi connectivity index (χ0n) is 17.9. The SMILES string of the molecule is Brc1ccc(-n2cc(-c3ccccc3)c3c(NCCCN4CCOCC4)ncnc32)cc1. The third kappa shape index (κ3) is 4.55. The number of benzene rings is 2. The van der Waals surface area contributed by atoms with Gasteiger partial charge in [0.1, 0.15) is 12.1 Å². The first-order valence-electron chi connectivity index (χ1n) is 11.0. The lowest BCUT2D eigenvalue weighted by Crippen LogP contribution is -2.37. The van der Waals surface area contributed by atoms with Gasteiger partial charge in [-0.1, -0.05) is 46.3 Å². The van der Waals surface area contributed by atoms with Gasteiger partial charge in [-0.05, 0) is 42.8 Å². The monoisotopic (exact) mass is 491 g/mol. The molecule has 0 unspecified atom stereocenters. The van der Waals surface area contributed by atoms with E-state index in [-0.39, 0.29) is 0 Å². The van der Waals surface area contributed by atoms with Crippen LogP contribution in [-0.4, -0.2) is 58.8 Å². The molecule has 1 aliphatic heterocycles. The lowest BCUT2D eigenvalue weighted by Gasteiger charge is -2.26. The number of aromatic nitrogens is 3. The van der Waals surface area contributed by atoms with Gasteiger partial charge in [0, 0.05) is 41.6 Å². The first kappa shape index (κ1) is 21.1. The maximum absolute atomic E-state index is 5.44. The van der Waals surface area contributed by atoms with Gasteiger partial charge < -0.3 is 14.6 Å². The van der Waals surface area contributed by atoms with Crippen molar-refractivity contribution >= 4 is 32.8 Å². The number of hydrogen-bond acceptors (Lipinski definition) is 5. The second-order valence-electron chi connectivity index (χ2n) is 7.91. The van der Waals surface area contributed by atoms with E-state index in [9.17, 15) is 0 Å². The number of hydrogen-bond donors (Lipinski definition) is 1. The molecule has 6 nitrogen and oxygen atoms in total. The highest BCUT2D eigenvalue weighted by atomic mass is 79.9. The highest BCUT2D eigenvalue weighted by Gasteiger charge is 2.17. The van der Waals surface area contributed by atoms with Crippen molar-refractivity contribution in [1.82, 2.24) is 19.4 Å². The van der Waals surface area contributed by atoms with Crippen molar-refractivity contribution < 1.29 is 4.74 Å². The number of nitrogens with one attached hydrogen (secondary N) is 1. The summed E-state index contributed by atoms with van der Waals surface area (Å²) in [6.45, 7) is 5.64. The van der Waals surface area contributed by atoms with Crippen molar-refractivity contribution in [2.45, 2.75) is 6.42 Å². The molecule has 32 heavy (non-hydrogen) atoms. The number of rotatable bonds is 7. The van der Waals surface area contributed by atoms with Crippen LogP contribution in [0.4, 0.5) is 5.82 Å². The molecular formula is C25H26BrN5O. The van der Waals surface area contributed by atoms with Crippen LogP contribution < -0.4 is 5.32 Å². The topological polar surface area (TPSA) is 55.2 Å². The van der Waals surface area contributed by atoms with Gasteiger partial charge in [-0.25, -0.2) is 9.97 Å². The van der Waals surface area contributed by atoms with E-state index in [2.05, 4.69) is 95.4 Å². The largest absolute Gasteiger partial charge is 0.379 e. The van der Waals surface area contributed by atoms with Crippen molar-refractivity contribution in [2.75, 3.05) is 44.7 Å². The predicted molar refractivity (Wildman–Crippen MR) is 132 cm³/mol. The van der Waals surface area contributed by atoms with Crippen molar-refractivity contribution in [2.24, 2.45) is 0 Å². The average Bonchev–Trinajstić information content (AvgIpc) is 3.24. The number of anilines is 1. The maximum atomic E-state index is 5.44. The summed E-state index contributed by atoms with van der Waals surface area (Å²) in [4.78, 5) is 11.7. The number of nitrogens with zero attached hydrogens (tertiary/aromatic N) is 4. The molecule has 0 amide bonds. The molecule has 2 aromatic heterocycles. The molecule has 0 bridgehead atoms. The molecule has 1 saturated heterocycles. The molecule has 5 rings (SSSR count). The van der Waals surface area contributed by atoms with Gasteiger partial charge >= 0.3 is 0 Å². The molecule has 7 heteroatoms. The van der Waals surface area contributed by atoms with E-state index in [1.807, 2.05) is 6.07 Å². The van der Waals surface area contributed by atoms with E-state index in [1.165, 1.54) is 0 Å². The minimum absolute atomic E-state index is 0.837. The van der Waals surface area contributed by atoms with Crippen molar-refractivity contribution in [3.8, 4) is 16.8 Å². The zero-order valence-corrected chi connectivity index (χ0v) is 19.5. The fourth-order valence-electron chi connectivity index (χ4n) is 4.17. The molecule has 3 heterocycles. The highest BCUT2D eigenvalue weighted by Crippen LogP contribution is 2.35. The Morgan fingerprint density at radius 2 is 1.75 bits per heavy atom. The van der Waals surface area contributed by atoms with Crippen LogP contribution >= 0.6 is 15.9 Å². The predicted octanol–water partition coefficient (Wildman–Crippen LogP) is 4.98. The molecule has 1 fully saturated rings. The van der Waals surface area contributed by atoms with Crippen LogP contribution in [0, 0.1) is 0 Å². The minimum Gasteiger partial charge on any atom is -0.379 e. The molecule has 164 valence electrons. The molecule has 1 aliphatic rings. The third-order valence-electron chi connectivity index (χ3n) is 5.82. The summed E-state index contributed by atoms with van der Waals surface area (Å²) in [5.41, 5.74) is 4.24. The summed E-state index contributed by atoms with van der Waals surface area (Å²) < 4.78 is 8.64. The summed E-state index contributed by atoms with van der Waals surface area (Å²) >= 11 is 3.53. The fourth-order valence-corrected chi connectivity index (χ4v) is 4.43. The minimum atomic E-state index is 0.837. The number of ether oxygens (including phenoxy) is 1. The van der Waals surface area contributed by atoms with Gasteiger partial charge in [-0.15, -0.1) is 0 Å². The second kappa shape index (κ2) is 9.81. The van der Waals surface area contributed by atoms with Gasteiger partial charge in [-0.3, -0.25) is 4.90 Å². The van der Waals surface area contributed by atoms with Gasteiger partial charge in [0.2, 0.25) is 0 Å². The van der Waals surface area contributed by atoms with Crippen LogP contribution in [0.1, 0.15) is 6.42 Å². The Hall–Kier alpha value is -2.74. The van der Waals surface area contributed by atoms with E-state index >= 15 is 0 Å². The Morgan fingerprint density at radius 3 is 2.53 bits per heavy atom. The first-order valence-corrected chi connectivity index (χ1v) is 11.8. The summed E-state index contributed by atoms with van der Waals surface area (Å²) in [5, 5.41) is 4.63. The molecular weight excluding hydrogens is 466 g/mol. The van der Waals surface area contributed by atoms with Crippen molar-refractivity contribution in [3.63, 3.8) is 0 Å². The van der Waals surface area contributed by atoms with E-state index in [1.54, 1.807) is 6.33 Å². The Bertz CT molecular complexity index is 1170. The molecule has 2 aromatic carbocycles. The van der Waals surface area contributed by atoms with Gasteiger partial charge in [0.25, 0.3) is 0 Å². The molecule has 0 saturated carbocycles. The summed E-state index contributed by atoms with van der Waals surface area (Å²) in [6.07, 6.45) is 4.87. The van der Waals surface area contributed by atoms with E-state index in [0.717, 1.165) is 84.0 Å². The summed E-state index contributed by atoms with van der Waals surface area (Å²) in [6, 6.07) is 18.7. The smallest absolute Gasteiger partial charge is 0.150 e. The van der Waals surface area contributed by atoms with Gasteiger partial charge in [0.15, 0.2) is 5.65 Å². The fraction of sp³-hybridized carbons (Fsp3) is 0.280. The van der Waals surface area contributed by atoms with Gasteiger partial charge in [0.05, 0.1) is 18.6 Å². The standard InChI is InChI=1S/C25H26BrN5O/c26-20-7-9-21(10-8-20)31-17-22(19-5-2-1-3-6-19)23-24(28-18-29-25(23)31)27-11-4-12-30-13-15-32-16-14-30/h1-3,5-10,17-18H,4,11-16H2,(H,27,28,29). The maximum Gasteiger partial charge on any atom is 0.150 e. The highest BCUT2D eigenvalue weighted by molar-refractivity contribution is 9.10. The number of morpholine rings is 1. The van der Waals surface area contributed by atoms with E-state index in [4.69, 9.17) is 4.74 Å². The van der Waals surface area contributed by atoms with Crippen LogP contribution in [-0.2, 0) is 4.74 Å². The summed E-state index contributed by atoms with van der Waals surface area (Å²) in [7, 11) is 0. The van der Waals surface area contributed by atoms with Crippen molar-refractivity contribution in [3.05, 3.63) is 71.6 Å². The Balaban J connectivity index is 1.47. The quantitative estimate of drug-likeness (QED) is 0.369. The molecule has 0 atom stereocenters. The number of fused-ring (bicyclic) bond motifs is 1. The lowest BCUT2D eigenvalue weighted by molar-refractivity contribution is 0.0378. The molecule has 0 radical (unpaired) electrons. The molecule has 0 spiro atoms. The van der Waals surface area contributed by atoms with Crippen LogP contribution in [0.2, 0.25) is 0 Å². The Labute approximate surface area is 196 Å². The molecule has 1 N–H and O–H groups in total. The Kier molecular flexibility index (Phi) is 6.48. The zero-order chi connectivity index (χ0) is 21.8. The van der Waals surface area contributed by atoms with Crippen LogP contribution in [0.15, 0.2) is 71.6 Å². The summed E-state index contributed by atoms with van der Waals surface area (Å²) in [5.74, 6) is 0.881. The molecule has 0 aliphatic carbocycles. The average molecular weight is 492 g/mol. The van der Waals surface area contributed by atoms with E-state index < -0.39 is 0 Å².